The van der Waals surface area contributed by atoms with Crippen molar-refractivity contribution < 1.29 is 24.2 Å². The zero-order valence-corrected chi connectivity index (χ0v) is 16.1. The highest BCUT2D eigenvalue weighted by atomic mass is 32.2. The van der Waals surface area contributed by atoms with Crippen molar-refractivity contribution in [2.75, 3.05) is 19.1 Å². The summed E-state index contributed by atoms with van der Waals surface area (Å²) >= 11 is 6.49. The molecule has 0 bridgehead atoms. The molecule has 0 radical (unpaired) electrons. The summed E-state index contributed by atoms with van der Waals surface area (Å²) in [5.74, 6) is -0.504. The number of benzene rings is 2. The van der Waals surface area contributed by atoms with E-state index in [-0.39, 0.29) is 11.5 Å². The lowest BCUT2D eigenvalue weighted by atomic mass is 10.1. The number of anilines is 1. The zero-order valence-electron chi connectivity index (χ0n) is 14.4. The van der Waals surface area contributed by atoms with Gasteiger partial charge in [0, 0.05) is 5.56 Å². The molecule has 1 heterocycles. The number of carbonyl (C=O) groups excluding carboxylic acids is 2. The first kappa shape index (κ1) is 18.9. The van der Waals surface area contributed by atoms with E-state index in [4.69, 9.17) is 21.7 Å². The summed E-state index contributed by atoms with van der Waals surface area (Å²) in [7, 11) is 3.07. The number of carboxylic acids is 1. The number of amides is 1. The van der Waals surface area contributed by atoms with Crippen LogP contribution >= 0.6 is 24.0 Å². The Morgan fingerprint density at radius 2 is 1.85 bits per heavy atom. The number of hydrogen-bond donors (Lipinski definition) is 0. The van der Waals surface area contributed by atoms with Gasteiger partial charge >= 0.3 is 0 Å². The Bertz CT molecular complexity index is 953. The summed E-state index contributed by atoms with van der Waals surface area (Å²) in [6.45, 7) is 0. The Labute approximate surface area is 165 Å². The maximum absolute atomic E-state index is 12.8. The predicted molar refractivity (Wildman–Crippen MR) is 106 cm³/mol. The van der Waals surface area contributed by atoms with Crippen LogP contribution in [0.5, 0.6) is 11.5 Å². The molecule has 1 fully saturated rings. The third-order valence-electron chi connectivity index (χ3n) is 3.87. The number of ether oxygens (including phenoxy) is 2. The molecule has 0 aromatic heterocycles. The van der Waals surface area contributed by atoms with Gasteiger partial charge in [-0.3, -0.25) is 9.69 Å². The first-order valence-electron chi connectivity index (χ1n) is 7.76. The lowest BCUT2D eigenvalue weighted by Gasteiger charge is -2.15. The van der Waals surface area contributed by atoms with Gasteiger partial charge in [-0.1, -0.05) is 48.2 Å². The van der Waals surface area contributed by atoms with Crippen LogP contribution in [0.25, 0.3) is 6.08 Å². The smallest absolute Gasteiger partial charge is 0.270 e. The number of aromatic carboxylic acids is 1. The highest BCUT2D eigenvalue weighted by Gasteiger charge is 2.33. The second kappa shape index (κ2) is 7.81. The summed E-state index contributed by atoms with van der Waals surface area (Å²) in [6.07, 6.45) is 1.69. The molecule has 0 unspecified atom stereocenters. The number of para-hydroxylation sites is 1. The molecule has 2 aromatic carbocycles. The van der Waals surface area contributed by atoms with E-state index in [2.05, 4.69) is 0 Å². The second-order valence-corrected chi connectivity index (χ2v) is 7.11. The van der Waals surface area contributed by atoms with Gasteiger partial charge in [0.1, 0.15) is 0 Å². The molecule has 1 aliphatic heterocycles. The second-order valence-electron chi connectivity index (χ2n) is 5.43. The summed E-state index contributed by atoms with van der Waals surface area (Å²) in [5.41, 5.74) is 1.20. The van der Waals surface area contributed by atoms with E-state index in [0.29, 0.717) is 32.0 Å². The van der Waals surface area contributed by atoms with Crippen molar-refractivity contribution in [1.82, 2.24) is 0 Å². The fourth-order valence-electron chi connectivity index (χ4n) is 2.60. The molecule has 8 heteroatoms. The van der Waals surface area contributed by atoms with Crippen molar-refractivity contribution in [2.24, 2.45) is 0 Å². The number of rotatable bonds is 5. The standard InChI is InChI=1S/C19H15NO5S2/c1-24-14-5-3-4-12(16(14)25-2)10-15-17(21)20(19(26)27-15)13-8-6-11(7-9-13)18(22)23/h3-10H,1-2H3,(H,22,23)/p-1/b15-10-. The third-order valence-corrected chi connectivity index (χ3v) is 5.18. The normalized spacial score (nSPS) is 15.3. The lowest BCUT2D eigenvalue weighted by Crippen LogP contribution is -2.28. The molecular weight excluding hydrogens is 386 g/mol. The van der Waals surface area contributed by atoms with Crippen molar-refractivity contribution in [3.05, 3.63) is 58.5 Å². The first-order chi connectivity index (χ1) is 13.0. The highest BCUT2D eigenvalue weighted by molar-refractivity contribution is 8.27. The Morgan fingerprint density at radius 3 is 2.44 bits per heavy atom. The van der Waals surface area contributed by atoms with E-state index in [0.717, 1.165) is 11.8 Å². The summed E-state index contributed by atoms with van der Waals surface area (Å²) in [4.78, 5) is 25.5. The van der Waals surface area contributed by atoms with Crippen molar-refractivity contribution in [3.8, 4) is 11.5 Å². The Kier molecular flexibility index (Phi) is 5.48. The van der Waals surface area contributed by atoms with Gasteiger partial charge in [0.2, 0.25) is 0 Å². The van der Waals surface area contributed by atoms with Crippen molar-refractivity contribution in [1.29, 1.82) is 0 Å². The van der Waals surface area contributed by atoms with Crippen molar-refractivity contribution >= 4 is 51.9 Å². The topological polar surface area (TPSA) is 78.9 Å². The van der Waals surface area contributed by atoms with Crippen LogP contribution in [0.1, 0.15) is 15.9 Å². The van der Waals surface area contributed by atoms with Crippen LogP contribution in [0, 0.1) is 0 Å². The van der Waals surface area contributed by atoms with Gasteiger partial charge in [-0.15, -0.1) is 0 Å². The Balaban J connectivity index is 1.95. The molecule has 2 aromatic rings. The van der Waals surface area contributed by atoms with Crippen LogP contribution in [0.4, 0.5) is 5.69 Å². The Hall–Kier alpha value is -2.84. The van der Waals surface area contributed by atoms with Crippen LogP contribution in [-0.2, 0) is 4.79 Å². The summed E-state index contributed by atoms with van der Waals surface area (Å²) in [5, 5.41) is 10.9. The minimum absolute atomic E-state index is 0.0286. The van der Waals surface area contributed by atoms with Crippen LogP contribution in [0.3, 0.4) is 0 Å². The summed E-state index contributed by atoms with van der Waals surface area (Å²) < 4.78 is 11.0. The molecule has 138 valence electrons. The quantitative estimate of drug-likeness (QED) is 0.563. The predicted octanol–water partition coefficient (Wildman–Crippen LogP) is 2.47. The average Bonchev–Trinajstić information content (AvgIpc) is 2.94. The molecule has 27 heavy (non-hydrogen) atoms. The average molecular weight is 400 g/mol. The minimum atomic E-state index is -1.28. The van der Waals surface area contributed by atoms with Gasteiger partial charge in [-0.05, 0) is 29.8 Å². The van der Waals surface area contributed by atoms with Crippen LogP contribution in [0.2, 0.25) is 0 Å². The number of thioether (sulfide) groups is 1. The van der Waals surface area contributed by atoms with Gasteiger partial charge in [-0.2, -0.15) is 0 Å². The van der Waals surface area contributed by atoms with Gasteiger partial charge in [0.05, 0.1) is 30.8 Å². The maximum atomic E-state index is 12.8. The SMILES string of the molecule is COc1cccc(/C=C2\SC(=S)N(c3ccc(C(=O)[O-])cc3)C2=O)c1OC. The molecular formula is C19H14NO5S2-. The van der Waals surface area contributed by atoms with Gasteiger partial charge in [0.15, 0.2) is 15.8 Å². The van der Waals surface area contributed by atoms with E-state index in [1.54, 1.807) is 18.2 Å². The number of thiocarbonyl (C=S) groups is 1. The number of methoxy groups -OCH3 is 2. The van der Waals surface area contributed by atoms with Crippen LogP contribution in [-0.4, -0.2) is 30.4 Å². The van der Waals surface area contributed by atoms with E-state index < -0.39 is 5.97 Å². The minimum Gasteiger partial charge on any atom is -0.545 e. The molecule has 1 saturated heterocycles. The number of carbonyl (C=O) groups is 2. The van der Waals surface area contributed by atoms with E-state index >= 15 is 0 Å². The number of nitrogens with zero attached hydrogens (tertiary/aromatic N) is 1. The molecule has 0 atom stereocenters. The maximum Gasteiger partial charge on any atom is 0.270 e. The molecule has 0 aliphatic carbocycles. The molecule has 0 saturated carbocycles. The molecule has 6 nitrogen and oxygen atoms in total. The fraction of sp³-hybridized carbons (Fsp3) is 0.105. The van der Waals surface area contributed by atoms with E-state index in [1.807, 2.05) is 6.07 Å². The fourth-order valence-corrected chi connectivity index (χ4v) is 3.89. The largest absolute Gasteiger partial charge is 0.545 e. The number of hydrogen-bond acceptors (Lipinski definition) is 7. The highest BCUT2D eigenvalue weighted by Crippen LogP contribution is 2.39. The van der Waals surface area contributed by atoms with Crippen LogP contribution in [0.15, 0.2) is 47.4 Å². The molecule has 0 spiro atoms. The van der Waals surface area contributed by atoms with Gasteiger partial charge < -0.3 is 19.4 Å². The van der Waals surface area contributed by atoms with E-state index in [1.165, 1.54) is 43.4 Å². The monoisotopic (exact) mass is 400 g/mol. The van der Waals surface area contributed by atoms with Crippen molar-refractivity contribution in [2.45, 2.75) is 0 Å². The zero-order chi connectivity index (χ0) is 19.6. The molecule has 1 amide bonds. The summed E-state index contributed by atoms with van der Waals surface area (Å²) in [6, 6.07) is 11.2. The molecule has 3 rings (SSSR count). The first-order valence-corrected chi connectivity index (χ1v) is 8.99. The van der Waals surface area contributed by atoms with Crippen LogP contribution < -0.4 is 19.5 Å². The van der Waals surface area contributed by atoms with E-state index in [9.17, 15) is 14.7 Å². The molecule has 1 aliphatic rings. The third kappa shape index (κ3) is 3.67. The Morgan fingerprint density at radius 1 is 1.15 bits per heavy atom. The van der Waals surface area contributed by atoms with Gasteiger partial charge in [0.25, 0.3) is 5.91 Å². The number of carboxylic acid groups (broad SMARTS) is 1. The van der Waals surface area contributed by atoms with Gasteiger partial charge in [-0.25, -0.2) is 0 Å². The lowest BCUT2D eigenvalue weighted by molar-refractivity contribution is -0.255. The molecule has 0 N–H and O–H groups in total. The van der Waals surface area contributed by atoms with Crippen molar-refractivity contribution in [3.63, 3.8) is 0 Å².